The predicted octanol–water partition coefficient (Wildman–Crippen LogP) is 3.35. The maximum absolute atomic E-state index is 12.2. The number of phenolic OH excluding ortho intramolecular Hbond substituents is 1. The van der Waals surface area contributed by atoms with E-state index in [0.717, 1.165) is 36.4 Å². The molecule has 3 rings (SSSR count). The zero-order chi connectivity index (χ0) is 15.5. The second-order valence-electron chi connectivity index (χ2n) is 6.25. The van der Waals surface area contributed by atoms with Crippen molar-refractivity contribution in [2.24, 2.45) is 5.92 Å². The highest BCUT2D eigenvalue weighted by Gasteiger charge is 2.27. The molecule has 1 unspecified atom stereocenters. The van der Waals surface area contributed by atoms with Crippen LogP contribution < -0.4 is 10.2 Å². The van der Waals surface area contributed by atoms with E-state index >= 15 is 0 Å². The first-order valence-corrected chi connectivity index (χ1v) is 9.03. The highest BCUT2D eigenvalue weighted by molar-refractivity contribution is 8.00. The van der Waals surface area contributed by atoms with E-state index in [9.17, 15) is 9.90 Å². The van der Waals surface area contributed by atoms with E-state index < -0.39 is 0 Å². The molecule has 1 aliphatic carbocycles. The summed E-state index contributed by atoms with van der Waals surface area (Å²) in [6, 6.07) is 5.50. The summed E-state index contributed by atoms with van der Waals surface area (Å²) in [4.78, 5) is 15.5. The van der Waals surface area contributed by atoms with Crippen LogP contribution in [0.15, 0.2) is 23.1 Å². The molecule has 1 heterocycles. The normalized spacial score (nSPS) is 21.7. The molecule has 0 bridgehead atoms. The Kier molecular flexibility index (Phi) is 4.81. The van der Waals surface area contributed by atoms with Crippen LogP contribution in [0.25, 0.3) is 0 Å². The molecule has 0 saturated heterocycles. The Morgan fingerprint density at radius 3 is 2.91 bits per heavy atom. The number of amides is 1. The van der Waals surface area contributed by atoms with E-state index in [1.165, 1.54) is 19.3 Å². The molecule has 1 saturated carbocycles. The average Bonchev–Trinajstić information content (AvgIpc) is 2.83. The van der Waals surface area contributed by atoms with Gasteiger partial charge in [-0.1, -0.05) is 31.0 Å². The third kappa shape index (κ3) is 3.35. The van der Waals surface area contributed by atoms with Gasteiger partial charge >= 0.3 is 0 Å². The molecule has 4 nitrogen and oxygen atoms in total. The third-order valence-electron chi connectivity index (χ3n) is 4.68. The lowest BCUT2D eigenvalue weighted by atomic mass is 9.89. The summed E-state index contributed by atoms with van der Waals surface area (Å²) in [6.45, 7) is 0.720. The van der Waals surface area contributed by atoms with Gasteiger partial charge < -0.3 is 15.3 Å². The summed E-state index contributed by atoms with van der Waals surface area (Å²) in [5.74, 6) is 0.781. The number of benzene rings is 1. The molecule has 22 heavy (non-hydrogen) atoms. The van der Waals surface area contributed by atoms with Gasteiger partial charge in [0.1, 0.15) is 5.75 Å². The number of carbonyl (C=O) groups is 1. The molecule has 1 fully saturated rings. The molecule has 0 spiro atoms. The Balaban J connectivity index is 1.47. The SMILES string of the molecule is CN1c2ccc(O)cc2SC1CCNC(=O)C1CCCCC1. The number of anilines is 1. The maximum Gasteiger partial charge on any atom is 0.223 e. The summed E-state index contributed by atoms with van der Waals surface area (Å²) in [6.07, 6.45) is 6.67. The number of nitrogens with one attached hydrogen (secondary N) is 1. The van der Waals surface area contributed by atoms with Gasteiger partial charge in [-0.2, -0.15) is 0 Å². The number of aromatic hydroxyl groups is 1. The quantitative estimate of drug-likeness (QED) is 0.893. The third-order valence-corrected chi connectivity index (χ3v) is 6.09. The minimum atomic E-state index is 0.233. The Labute approximate surface area is 136 Å². The van der Waals surface area contributed by atoms with Crippen LogP contribution in [0.2, 0.25) is 0 Å². The molecule has 5 heteroatoms. The first-order valence-electron chi connectivity index (χ1n) is 8.15. The highest BCUT2D eigenvalue weighted by Crippen LogP contribution is 2.44. The Morgan fingerprint density at radius 2 is 2.14 bits per heavy atom. The van der Waals surface area contributed by atoms with Crippen LogP contribution in [0.1, 0.15) is 38.5 Å². The lowest BCUT2D eigenvalue weighted by Gasteiger charge is -2.23. The topological polar surface area (TPSA) is 52.6 Å². The van der Waals surface area contributed by atoms with Crippen molar-refractivity contribution >= 4 is 23.4 Å². The van der Waals surface area contributed by atoms with Crippen LogP contribution in [0, 0.1) is 5.92 Å². The first-order chi connectivity index (χ1) is 10.6. The smallest absolute Gasteiger partial charge is 0.223 e. The number of carbonyl (C=O) groups excluding carboxylic acids is 1. The van der Waals surface area contributed by atoms with Crippen LogP contribution in [0.4, 0.5) is 5.69 Å². The monoisotopic (exact) mass is 320 g/mol. The molecule has 0 radical (unpaired) electrons. The lowest BCUT2D eigenvalue weighted by molar-refractivity contribution is -0.125. The van der Waals surface area contributed by atoms with Gasteiger partial charge in [-0.3, -0.25) is 4.79 Å². The standard InChI is InChI=1S/C17H24N2O2S/c1-19-14-8-7-13(20)11-15(14)22-16(19)9-10-18-17(21)12-5-3-2-4-6-12/h7-8,11-12,16,20H,2-6,9-10H2,1H3,(H,18,21). The molecule has 1 amide bonds. The average molecular weight is 320 g/mol. The zero-order valence-corrected chi connectivity index (χ0v) is 13.9. The molecule has 0 aromatic heterocycles. The molecule has 1 aliphatic heterocycles. The van der Waals surface area contributed by atoms with E-state index in [1.807, 2.05) is 12.1 Å². The van der Waals surface area contributed by atoms with Crippen LogP contribution in [-0.4, -0.2) is 30.0 Å². The van der Waals surface area contributed by atoms with Crippen molar-refractivity contribution in [1.29, 1.82) is 0 Å². The number of rotatable bonds is 4. The molecule has 2 aliphatic rings. The van der Waals surface area contributed by atoms with E-state index in [1.54, 1.807) is 17.8 Å². The van der Waals surface area contributed by atoms with Crippen LogP contribution >= 0.6 is 11.8 Å². The van der Waals surface area contributed by atoms with Crippen molar-refractivity contribution in [1.82, 2.24) is 5.32 Å². The fraction of sp³-hybridized carbons (Fsp3) is 0.588. The number of fused-ring (bicyclic) bond motifs is 1. The number of hydrogen-bond donors (Lipinski definition) is 2. The first kappa shape index (κ1) is 15.5. The molecule has 120 valence electrons. The van der Waals surface area contributed by atoms with Crippen LogP contribution in [0.5, 0.6) is 5.75 Å². The summed E-state index contributed by atoms with van der Waals surface area (Å²) in [7, 11) is 2.07. The highest BCUT2D eigenvalue weighted by atomic mass is 32.2. The van der Waals surface area contributed by atoms with Gasteiger partial charge in [-0.05, 0) is 37.5 Å². The van der Waals surface area contributed by atoms with Crippen molar-refractivity contribution in [2.75, 3.05) is 18.5 Å². The maximum atomic E-state index is 12.2. The summed E-state index contributed by atoms with van der Waals surface area (Å²) in [5.41, 5.74) is 1.16. The van der Waals surface area contributed by atoms with Gasteiger partial charge in [-0.25, -0.2) is 0 Å². The Bertz CT molecular complexity index is 543. The molecule has 2 N–H and O–H groups in total. The van der Waals surface area contributed by atoms with Gasteiger partial charge in [0.2, 0.25) is 5.91 Å². The number of thioether (sulfide) groups is 1. The predicted molar refractivity (Wildman–Crippen MR) is 90.4 cm³/mol. The largest absolute Gasteiger partial charge is 0.508 e. The molecular formula is C17H24N2O2S. The van der Waals surface area contributed by atoms with Crippen molar-refractivity contribution in [2.45, 2.75) is 48.8 Å². The van der Waals surface area contributed by atoms with E-state index in [-0.39, 0.29) is 11.8 Å². The molecule has 1 aromatic carbocycles. The van der Waals surface area contributed by atoms with E-state index in [0.29, 0.717) is 11.1 Å². The number of phenols is 1. The van der Waals surface area contributed by atoms with Crippen molar-refractivity contribution in [3.8, 4) is 5.75 Å². The van der Waals surface area contributed by atoms with Gasteiger partial charge in [-0.15, -0.1) is 0 Å². The minimum Gasteiger partial charge on any atom is -0.508 e. The zero-order valence-electron chi connectivity index (χ0n) is 13.0. The van der Waals surface area contributed by atoms with E-state index in [4.69, 9.17) is 0 Å². The van der Waals surface area contributed by atoms with E-state index in [2.05, 4.69) is 17.3 Å². The Hall–Kier alpha value is -1.36. The van der Waals surface area contributed by atoms with Crippen LogP contribution in [0.3, 0.4) is 0 Å². The molecule has 1 aromatic rings. The fourth-order valence-corrected chi connectivity index (χ4v) is 4.67. The van der Waals surface area contributed by atoms with Gasteiger partial charge in [0.05, 0.1) is 11.1 Å². The van der Waals surface area contributed by atoms with Crippen molar-refractivity contribution < 1.29 is 9.90 Å². The molecular weight excluding hydrogens is 296 g/mol. The van der Waals surface area contributed by atoms with Gasteiger partial charge in [0, 0.05) is 24.4 Å². The number of hydrogen-bond acceptors (Lipinski definition) is 4. The van der Waals surface area contributed by atoms with Crippen LogP contribution in [-0.2, 0) is 4.79 Å². The Morgan fingerprint density at radius 1 is 1.36 bits per heavy atom. The van der Waals surface area contributed by atoms with Crippen molar-refractivity contribution in [3.05, 3.63) is 18.2 Å². The van der Waals surface area contributed by atoms with Gasteiger partial charge in [0.25, 0.3) is 0 Å². The second-order valence-corrected chi connectivity index (χ2v) is 7.47. The minimum absolute atomic E-state index is 0.233. The summed E-state index contributed by atoms with van der Waals surface area (Å²) in [5, 5.41) is 13.0. The second kappa shape index (κ2) is 6.82. The number of nitrogens with zero attached hydrogens (tertiary/aromatic N) is 1. The molecule has 1 atom stereocenters. The van der Waals surface area contributed by atoms with Gasteiger partial charge in [0.15, 0.2) is 0 Å². The van der Waals surface area contributed by atoms with Crippen molar-refractivity contribution in [3.63, 3.8) is 0 Å². The summed E-state index contributed by atoms with van der Waals surface area (Å²) < 4.78 is 0. The lowest BCUT2D eigenvalue weighted by Crippen LogP contribution is -2.35. The summed E-state index contributed by atoms with van der Waals surface area (Å²) >= 11 is 1.76. The fourth-order valence-electron chi connectivity index (χ4n) is 3.35.